The molecular weight excluding hydrogens is 228 g/mol. The lowest BCUT2D eigenvalue weighted by Gasteiger charge is -1.99. The van der Waals surface area contributed by atoms with Gasteiger partial charge in [0.1, 0.15) is 5.02 Å². The summed E-state index contributed by atoms with van der Waals surface area (Å²) < 4.78 is 15.8. The molecule has 0 aromatic carbocycles. The summed E-state index contributed by atoms with van der Waals surface area (Å²) in [4.78, 5) is 2.79. The number of pyridine rings is 1. The van der Waals surface area contributed by atoms with Gasteiger partial charge in [0.05, 0.1) is 4.51 Å². The zero-order valence-electron chi connectivity index (χ0n) is 7.20. The monoisotopic (exact) mass is 236 g/mol. The Labute approximate surface area is 87.3 Å². The van der Waals surface area contributed by atoms with Crippen molar-refractivity contribution in [2.45, 2.75) is 0 Å². The normalized spacial score (nSPS) is 11.3. The van der Waals surface area contributed by atoms with Gasteiger partial charge in [0.2, 0.25) is 0 Å². The van der Waals surface area contributed by atoms with Gasteiger partial charge in [-0.1, -0.05) is 23.8 Å². The summed E-state index contributed by atoms with van der Waals surface area (Å²) in [5, 5.41) is 0.342. The van der Waals surface area contributed by atoms with Crippen LogP contribution in [0.4, 0.5) is 5.82 Å². The van der Waals surface area contributed by atoms with Crippen molar-refractivity contribution in [1.82, 2.24) is 4.98 Å². The maximum Gasteiger partial charge on any atom is 0.160 e. The third-order valence-electron chi connectivity index (χ3n) is 1.19. The molecular formula is C7H9ClN2OS2. The van der Waals surface area contributed by atoms with Gasteiger partial charge < -0.3 is 4.98 Å². The molecule has 0 atom stereocenters. The molecule has 0 aliphatic rings. The molecule has 6 heteroatoms. The highest BCUT2D eigenvalue weighted by atomic mass is 35.5. The van der Waals surface area contributed by atoms with E-state index < -0.39 is 9.73 Å². The summed E-state index contributed by atoms with van der Waals surface area (Å²) in [6, 6.07) is 1.66. The average Bonchev–Trinajstić information content (AvgIpc) is 1.96. The number of H-pyrrole nitrogens is 1. The van der Waals surface area contributed by atoms with Gasteiger partial charge in [-0.05, 0) is 6.07 Å². The minimum atomic E-state index is -2.20. The van der Waals surface area contributed by atoms with Gasteiger partial charge in [-0.25, -0.2) is 4.21 Å². The van der Waals surface area contributed by atoms with Crippen molar-refractivity contribution in [2.24, 2.45) is 4.36 Å². The number of hydrogen-bond donors (Lipinski definition) is 1. The predicted octanol–water partition coefficient (Wildman–Crippen LogP) is 2.76. The van der Waals surface area contributed by atoms with Crippen LogP contribution in [0.5, 0.6) is 0 Å². The van der Waals surface area contributed by atoms with E-state index >= 15 is 0 Å². The third kappa shape index (κ3) is 3.10. The second-order valence-corrected chi connectivity index (χ2v) is 6.14. The topological polar surface area (TPSA) is 45.2 Å². The minimum absolute atomic E-state index is 0.342. The number of halogens is 1. The van der Waals surface area contributed by atoms with Crippen molar-refractivity contribution in [2.75, 3.05) is 12.5 Å². The number of aromatic nitrogens is 1. The fourth-order valence-electron chi connectivity index (χ4n) is 0.736. The van der Waals surface area contributed by atoms with Crippen LogP contribution in [-0.4, -0.2) is 21.7 Å². The summed E-state index contributed by atoms with van der Waals surface area (Å²) in [6.45, 7) is 0. The number of hydrogen-bond acceptors (Lipinski definition) is 3. The number of nitrogens with zero attached hydrogens (tertiary/aromatic N) is 1. The van der Waals surface area contributed by atoms with Crippen LogP contribution in [0, 0.1) is 4.51 Å². The van der Waals surface area contributed by atoms with Crippen molar-refractivity contribution in [3.05, 3.63) is 21.8 Å². The second-order valence-electron chi connectivity index (χ2n) is 2.78. The van der Waals surface area contributed by atoms with Gasteiger partial charge in [-0.15, -0.1) is 0 Å². The maximum absolute atomic E-state index is 11.3. The lowest BCUT2D eigenvalue weighted by Crippen LogP contribution is -1.90. The van der Waals surface area contributed by atoms with E-state index in [9.17, 15) is 4.21 Å². The number of nitrogens with one attached hydrogen (secondary N) is 1. The Hall–Kier alpha value is -0.390. The maximum atomic E-state index is 11.3. The molecule has 3 nitrogen and oxygen atoms in total. The fourth-order valence-corrected chi connectivity index (χ4v) is 1.69. The minimum Gasteiger partial charge on any atom is -0.345 e. The number of aromatic amines is 1. The molecule has 0 saturated heterocycles. The molecule has 1 rings (SSSR count). The van der Waals surface area contributed by atoms with E-state index in [0.717, 1.165) is 0 Å². The first-order valence-electron chi connectivity index (χ1n) is 3.44. The predicted molar refractivity (Wildman–Crippen MR) is 58.7 cm³/mol. The van der Waals surface area contributed by atoms with E-state index in [0.29, 0.717) is 15.4 Å². The smallest absolute Gasteiger partial charge is 0.160 e. The zero-order valence-corrected chi connectivity index (χ0v) is 9.59. The van der Waals surface area contributed by atoms with Crippen molar-refractivity contribution in [1.29, 1.82) is 0 Å². The fraction of sp³-hybridized carbons (Fsp3) is 0.286. The van der Waals surface area contributed by atoms with E-state index in [1.807, 2.05) is 0 Å². The molecule has 0 saturated carbocycles. The van der Waals surface area contributed by atoms with E-state index in [1.165, 1.54) is 12.5 Å². The Balaban J connectivity index is 3.42. The SMILES string of the molecule is CS(C)(=O)=Nc1[nH]ccc(=S)c1Cl. The summed E-state index contributed by atoms with van der Waals surface area (Å²) in [7, 11) is -2.20. The van der Waals surface area contributed by atoms with Gasteiger partial charge in [-0.3, -0.25) is 0 Å². The van der Waals surface area contributed by atoms with Crippen molar-refractivity contribution in [3.63, 3.8) is 0 Å². The van der Waals surface area contributed by atoms with Crippen LogP contribution in [0.3, 0.4) is 0 Å². The van der Waals surface area contributed by atoms with Crippen LogP contribution in [0.2, 0.25) is 5.02 Å². The third-order valence-corrected chi connectivity index (χ3v) is 2.65. The van der Waals surface area contributed by atoms with Crippen molar-refractivity contribution in [3.8, 4) is 0 Å². The molecule has 0 fully saturated rings. The molecule has 0 aliphatic carbocycles. The lowest BCUT2D eigenvalue weighted by atomic mass is 10.5. The van der Waals surface area contributed by atoms with Gasteiger partial charge in [0.15, 0.2) is 5.82 Å². The highest BCUT2D eigenvalue weighted by Gasteiger charge is 2.01. The average molecular weight is 237 g/mol. The Morgan fingerprint density at radius 3 is 2.77 bits per heavy atom. The number of rotatable bonds is 1. The summed E-state index contributed by atoms with van der Waals surface area (Å²) in [5.41, 5.74) is 0. The first kappa shape index (κ1) is 10.7. The molecule has 1 heterocycles. The summed E-state index contributed by atoms with van der Waals surface area (Å²) >= 11 is 10.8. The van der Waals surface area contributed by atoms with Crippen molar-refractivity contribution >= 4 is 39.4 Å². The highest BCUT2D eigenvalue weighted by Crippen LogP contribution is 2.23. The van der Waals surface area contributed by atoms with Crippen LogP contribution in [0.15, 0.2) is 16.6 Å². The van der Waals surface area contributed by atoms with Crippen molar-refractivity contribution < 1.29 is 4.21 Å². The summed E-state index contributed by atoms with van der Waals surface area (Å²) in [6.07, 6.45) is 4.69. The van der Waals surface area contributed by atoms with Crippen LogP contribution in [0.25, 0.3) is 0 Å². The van der Waals surface area contributed by atoms with Gasteiger partial charge in [-0.2, -0.15) is 4.36 Å². The molecule has 0 radical (unpaired) electrons. The van der Waals surface area contributed by atoms with Gasteiger partial charge in [0.25, 0.3) is 0 Å². The zero-order chi connectivity index (χ0) is 10.1. The van der Waals surface area contributed by atoms with Gasteiger partial charge >= 0.3 is 0 Å². The van der Waals surface area contributed by atoms with Crippen LogP contribution >= 0.6 is 23.8 Å². The quantitative estimate of drug-likeness (QED) is 0.763. The second kappa shape index (κ2) is 3.77. The van der Waals surface area contributed by atoms with E-state index in [4.69, 9.17) is 23.8 Å². The molecule has 0 unspecified atom stereocenters. The molecule has 0 spiro atoms. The first-order chi connectivity index (χ1) is 5.90. The molecule has 72 valence electrons. The first-order valence-corrected chi connectivity index (χ1v) is 6.56. The standard InChI is InChI=1S/C7H9ClN2OS2/c1-13(2,11)10-7-6(8)5(12)3-4-9-7/h3-4H,1-2H3,(H,9,12). The Kier molecular flexibility index (Phi) is 3.10. The van der Waals surface area contributed by atoms with E-state index in [-0.39, 0.29) is 0 Å². The molecule has 1 aromatic heterocycles. The molecule has 0 aliphatic heterocycles. The van der Waals surface area contributed by atoms with E-state index in [2.05, 4.69) is 9.35 Å². The molecule has 1 N–H and O–H groups in total. The van der Waals surface area contributed by atoms with Gasteiger partial charge in [0, 0.05) is 28.4 Å². The summed E-state index contributed by atoms with van der Waals surface area (Å²) in [5.74, 6) is 0.379. The Morgan fingerprint density at radius 2 is 2.23 bits per heavy atom. The lowest BCUT2D eigenvalue weighted by molar-refractivity contribution is 0.684. The largest absolute Gasteiger partial charge is 0.345 e. The molecule has 0 bridgehead atoms. The molecule has 0 amide bonds. The highest BCUT2D eigenvalue weighted by molar-refractivity contribution is 7.92. The van der Waals surface area contributed by atoms with Crippen LogP contribution in [-0.2, 0) is 9.73 Å². The van der Waals surface area contributed by atoms with Crippen LogP contribution < -0.4 is 0 Å². The molecule has 13 heavy (non-hydrogen) atoms. The Morgan fingerprint density at radius 1 is 1.62 bits per heavy atom. The molecule has 1 aromatic rings. The Bertz CT molecular complexity index is 478. The van der Waals surface area contributed by atoms with E-state index in [1.54, 1.807) is 12.3 Å². The van der Waals surface area contributed by atoms with Crippen LogP contribution in [0.1, 0.15) is 0 Å².